The van der Waals surface area contributed by atoms with Gasteiger partial charge in [0.15, 0.2) is 0 Å². The molecule has 2 rings (SSSR count). The molecule has 1 aliphatic rings. The molecule has 1 aromatic heterocycles. The molecule has 1 saturated carbocycles. The lowest BCUT2D eigenvalue weighted by Crippen LogP contribution is -2.36. The summed E-state index contributed by atoms with van der Waals surface area (Å²) in [6, 6.07) is 1.49. The van der Waals surface area contributed by atoms with Gasteiger partial charge in [-0.3, -0.25) is 4.98 Å². The summed E-state index contributed by atoms with van der Waals surface area (Å²) in [7, 11) is 0. The minimum atomic E-state index is -0.324. The number of aliphatic hydroxyl groups excluding tert-OH is 1. The number of nitrogens with one attached hydrogen (secondary N) is 1. The van der Waals surface area contributed by atoms with Crippen molar-refractivity contribution in [1.82, 2.24) is 10.3 Å². The summed E-state index contributed by atoms with van der Waals surface area (Å²) in [4.78, 5) is 3.80. The number of rotatable bonds is 4. The smallest absolute Gasteiger partial charge is 0.141 e. The Hall–Kier alpha value is -1.00. The van der Waals surface area contributed by atoms with E-state index in [1.54, 1.807) is 6.20 Å². The van der Waals surface area contributed by atoms with Gasteiger partial charge in [0.1, 0.15) is 5.82 Å². The van der Waals surface area contributed by atoms with Gasteiger partial charge in [-0.1, -0.05) is 0 Å². The van der Waals surface area contributed by atoms with Crippen LogP contribution >= 0.6 is 0 Å². The molecule has 1 atom stereocenters. The van der Waals surface area contributed by atoms with E-state index in [2.05, 4.69) is 10.3 Å². The van der Waals surface area contributed by atoms with Crippen LogP contribution in [0.5, 0.6) is 0 Å². The molecular weight excluding hydrogens is 195 g/mol. The van der Waals surface area contributed by atoms with Gasteiger partial charge >= 0.3 is 0 Å². The lowest BCUT2D eigenvalue weighted by molar-refractivity contribution is 0.221. The zero-order valence-corrected chi connectivity index (χ0v) is 8.70. The SMILES string of the molecule is CC(NC1(CO)CC1)c1cncc(F)c1. The highest BCUT2D eigenvalue weighted by atomic mass is 19.1. The summed E-state index contributed by atoms with van der Waals surface area (Å²) in [6.07, 6.45) is 4.80. The van der Waals surface area contributed by atoms with E-state index >= 15 is 0 Å². The predicted octanol–water partition coefficient (Wildman–Crippen LogP) is 1.40. The Bertz CT molecular complexity index is 352. The van der Waals surface area contributed by atoms with Crippen molar-refractivity contribution in [3.8, 4) is 0 Å². The fraction of sp³-hybridized carbons (Fsp3) is 0.545. The largest absolute Gasteiger partial charge is 0.394 e. The van der Waals surface area contributed by atoms with E-state index in [4.69, 9.17) is 5.11 Å². The molecule has 0 saturated heterocycles. The van der Waals surface area contributed by atoms with E-state index < -0.39 is 0 Å². The number of aromatic nitrogens is 1. The highest BCUT2D eigenvalue weighted by molar-refractivity contribution is 5.16. The van der Waals surface area contributed by atoms with Crippen LogP contribution in [0.25, 0.3) is 0 Å². The Balaban J connectivity index is 2.04. The number of halogens is 1. The molecule has 1 aromatic rings. The fourth-order valence-corrected chi connectivity index (χ4v) is 1.71. The zero-order valence-electron chi connectivity index (χ0n) is 8.70. The Morgan fingerprint density at radius 3 is 2.87 bits per heavy atom. The van der Waals surface area contributed by atoms with Crippen LogP contribution in [0.1, 0.15) is 31.4 Å². The van der Waals surface area contributed by atoms with Crippen LogP contribution < -0.4 is 5.32 Å². The van der Waals surface area contributed by atoms with Crippen molar-refractivity contribution in [2.75, 3.05) is 6.61 Å². The predicted molar refractivity (Wildman–Crippen MR) is 54.8 cm³/mol. The molecular formula is C11H15FN2O. The van der Waals surface area contributed by atoms with E-state index in [9.17, 15) is 4.39 Å². The number of hydrogen-bond acceptors (Lipinski definition) is 3. The lowest BCUT2D eigenvalue weighted by atomic mass is 10.1. The number of hydrogen-bond donors (Lipinski definition) is 2. The van der Waals surface area contributed by atoms with Gasteiger partial charge in [0.05, 0.1) is 12.8 Å². The van der Waals surface area contributed by atoms with Gasteiger partial charge in [0.25, 0.3) is 0 Å². The van der Waals surface area contributed by atoms with Crippen molar-refractivity contribution in [3.05, 3.63) is 29.8 Å². The van der Waals surface area contributed by atoms with Crippen LogP contribution in [0.4, 0.5) is 4.39 Å². The Morgan fingerprint density at radius 1 is 1.60 bits per heavy atom. The monoisotopic (exact) mass is 210 g/mol. The third-order valence-electron chi connectivity index (χ3n) is 2.90. The lowest BCUT2D eigenvalue weighted by Gasteiger charge is -2.20. The highest BCUT2D eigenvalue weighted by Gasteiger charge is 2.42. The van der Waals surface area contributed by atoms with Gasteiger partial charge in [-0.05, 0) is 31.4 Å². The van der Waals surface area contributed by atoms with E-state index in [0.717, 1.165) is 18.4 Å². The highest BCUT2D eigenvalue weighted by Crippen LogP contribution is 2.36. The van der Waals surface area contributed by atoms with Gasteiger partial charge in [-0.15, -0.1) is 0 Å². The second kappa shape index (κ2) is 3.87. The number of pyridine rings is 1. The summed E-state index contributed by atoms with van der Waals surface area (Å²) in [6.45, 7) is 2.09. The van der Waals surface area contributed by atoms with Gasteiger partial charge in [-0.2, -0.15) is 0 Å². The first-order valence-electron chi connectivity index (χ1n) is 5.14. The molecule has 2 N–H and O–H groups in total. The third kappa shape index (κ3) is 2.33. The first-order valence-corrected chi connectivity index (χ1v) is 5.14. The molecule has 1 heterocycles. The first-order chi connectivity index (χ1) is 7.15. The van der Waals surface area contributed by atoms with Crippen LogP contribution in [-0.2, 0) is 0 Å². The second-order valence-electron chi connectivity index (χ2n) is 4.24. The molecule has 0 aliphatic heterocycles. The molecule has 82 valence electrons. The summed E-state index contributed by atoms with van der Waals surface area (Å²) in [5.41, 5.74) is 0.681. The molecule has 1 unspecified atom stereocenters. The maximum absolute atomic E-state index is 12.9. The minimum Gasteiger partial charge on any atom is -0.394 e. The van der Waals surface area contributed by atoms with Crippen LogP contribution in [0, 0.1) is 5.82 Å². The summed E-state index contributed by atoms with van der Waals surface area (Å²) >= 11 is 0. The molecule has 3 nitrogen and oxygen atoms in total. The van der Waals surface area contributed by atoms with E-state index in [1.165, 1.54) is 12.3 Å². The van der Waals surface area contributed by atoms with Gasteiger partial charge in [0, 0.05) is 17.8 Å². The first kappa shape index (κ1) is 10.5. The minimum absolute atomic E-state index is 0.0165. The normalized spacial score (nSPS) is 19.9. The molecule has 4 heteroatoms. The number of nitrogens with zero attached hydrogens (tertiary/aromatic N) is 1. The second-order valence-corrected chi connectivity index (χ2v) is 4.24. The molecule has 0 spiro atoms. The third-order valence-corrected chi connectivity index (χ3v) is 2.90. The fourth-order valence-electron chi connectivity index (χ4n) is 1.71. The van der Waals surface area contributed by atoms with Crippen LogP contribution in [0.3, 0.4) is 0 Å². The Morgan fingerprint density at radius 2 is 2.33 bits per heavy atom. The average molecular weight is 210 g/mol. The summed E-state index contributed by atoms with van der Waals surface area (Å²) in [5.74, 6) is -0.324. The van der Waals surface area contributed by atoms with Gasteiger partial charge in [-0.25, -0.2) is 4.39 Å². The molecule has 1 fully saturated rings. The van der Waals surface area contributed by atoms with Crippen molar-refractivity contribution in [2.45, 2.75) is 31.3 Å². The van der Waals surface area contributed by atoms with E-state index in [0.29, 0.717) is 0 Å². The van der Waals surface area contributed by atoms with Crippen molar-refractivity contribution in [1.29, 1.82) is 0 Å². The topological polar surface area (TPSA) is 45.1 Å². The van der Waals surface area contributed by atoms with Crippen molar-refractivity contribution in [2.24, 2.45) is 0 Å². The van der Waals surface area contributed by atoms with Crippen LogP contribution in [0.15, 0.2) is 18.5 Å². The maximum Gasteiger partial charge on any atom is 0.141 e. The molecule has 1 aliphatic carbocycles. The maximum atomic E-state index is 12.9. The standard InChI is InChI=1S/C11H15FN2O/c1-8(14-11(7-15)2-3-11)9-4-10(12)6-13-5-9/h4-6,8,14-15H,2-3,7H2,1H3. The van der Waals surface area contributed by atoms with Gasteiger partial charge in [0.2, 0.25) is 0 Å². The zero-order chi connectivity index (χ0) is 10.9. The van der Waals surface area contributed by atoms with Crippen molar-refractivity contribution >= 4 is 0 Å². The molecule has 0 aromatic carbocycles. The van der Waals surface area contributed by atoms with Gasteiger partial charge < -0.3 is 10.4 Å². The van der Waals surface area contributed by atoms with E-state index in [-0.39, 0.29) is 24.0 Å². The van der Waals surface area contributed by atoms with E-state index in [1.807, 2.05) is 6.92 Å². The van der Waals surface area contributed by atoms with Crippen molar-refractivity contribution in [3.63, 3.8) is 0 Å². The average Bonchev–Trinajstić information content (AvgIpc) is 2.98. The molecule has 15 heavy (non-hydrogen) atoms. The van der Waals surface area contributed by atoms with Crippen molar-refractivity contribution < 1.29 is 9.50 Å². The Kier molecular flexibility index (Phi) is 2.71. The molecule has 0 amide bonds. The van der Waals surface area contributed by atoms with Crippen LogP contribution in [-0.4, -0.2) is 22.2 Å². The van der Waals surface area contributed by atoms with Crippen LogP contribution in [0.2, 0.25) is 0 Å². The number of aliphatic hydroxyl groups is 1. The quantitative estimate of drug-likeness (QED) is 0.789. The molecule has 0 bridgehead atoms. The summed E-state index contributed by atoms with van der Waals surface area (Å²) in [5, 5.41) is 12.5. The molecule has 0 radical (unpaired) electrons. The Labute approximate surface area is 88.3 Å². The summed E-state index contributed by atoms with van der Waals surface area (Å²) < 4.78 is 12.9.